The number of benzene rings is 2. The van der Waals surface area contributed by atoms with Gasteiger partial charge in [-0.2, -0.15) is 8.42 Å². The van der Waals surface area contributed by atoms with Crippen LogP contribution in [0.5, 0.6) is 0 Å². The Morgan fingerprint density at radius 2 is 1.19 bits per heavy atom. The molecule has 0 radical (unpaired) electrons. The fourth-order valence-electron chi connectivity index (χ4n) is 2.13. The Bertz CT molecular complexity index is 972. The van der Waals surface area contributed by atoms with Gasteiger partial charge in [-0.3, -0.25) is 4.18 Å². The van der Waals surface area contributed by atoms with Gasteiger partial charge in [0.05, 0.1) is 18.5 Å². The second-order valence-electron chi connectivity index (χ2n) is 5.78. The fourth-order valence-corrected chi connectivity index (χ4v) is 4.81. The summed E-state index contributed by atoms with van der Waals surface area (Å²) in [6.45, 7) is -0.802. The smallest absolute Gasteiger partial charge is 0.375 e. The molecule has 0 spiro atoms. The van der Waals surface area contributed by atoms with Crippen molar-refractivity contribution < 1.29 is 31.2 Å². The van der Waals surface area contributed by atoms with Gasteiger partial charge in [-0.15, -0.1) is 0 Å². The summed E-state index contributed by atoms with van der Waals surface area (Å²) in [6.07, 6.45) is -2.96. The van der Waals surface area contributed by atoms with E-state index in [0.29, 0.717) is 16.9 Å². The topological polar surface area (TPSA) is 170 Å². The standard InChI is InChI=1S/C16H20N2O7S2/c17-13-5-1-11(2-6-13)15(19)9-25-27(23,24)26(21,22)10-16(20)12-3-7-14(18)8-4-12/h1-8,15-16,19-20H,9-10,17-18H2. The van der Waals surface area contributed by atoms with Gasteiger partial charge in [0.15, 0.2) is 0 Å². The largest absolute Gasteiger partial charge is 0.399 e. The monoisotopic (exact) mass is 416 g/mol. The quantitative estimate of drug-likeness (QED) is 0.349. The molecular weight excluding hydrogens is 396 g/mol. The van der Waals surface area contributed by atoms with Crippen LogP contribution < -0.4 is 11.5 Å². The Balaban J connectivity index is 2.05. The van der Waals surface area contributed by atoms with E-state index >= 15 is 0 Å². The molecule has 2 atom stereocenters. The highest BCUT2D eigenvalue weighted by molar-refractivity contribution is 8.65. The number of nitrogen functional groups attached to an aromatic ring is 2. The van der Waals surface area contributed by atoms with Crippen molar-refractivity contribution in [3.05, 3.63) is 59.7 Å². The van der Waals surface area contributed by atoms with Gasteiger partial charge in [-0.25, -0.2) is 8.42 Å². The van der Waals surface area contributed by atoms with Crippen LogP contribution in [0.3, 0.4) is 0 Å². The van der Waals surface area contributed by atoms with E-state index in [4.69, 9.17) is 11.5 Å². The minimum absolute atomic E-state index is 0.185. The molecule has 0 bridgehead atoms. The molecule has 11 heteroatoms. The summed E-state index contributed by atoms with van der Waals surface area (Å²) >= 11 is 0. The Hall–Kier alpha value is -2.18. The lowest BCUT2D eigenvalue weighted by atomic mass is 10.1. The molecule has 0 aliphatic heterocycles. The summed E-state index contributed by atoms with van der Waals surface area (Å²) in [5, 5.41) is 19.9. The van der Waals surface area contributed by atoms with Gasteiger partial charge >= 0.3 is 9.15 Å². The Morgan fingerprint density at radius 3 is 1.63 bits per heavy atom. The molecule has 0 amide bonds. The predicted molar refractivity (Wildman–Crippen MR) is 100 cm³/mol. The van der Waals surface area contributed by atoms with Crippen LogP contribution in [0.4, 0.5) is 11.4 Å². The maximum absolute atomic E-state index is 12.1. The first-order valence-corrected chi connectivity index (χ1v) is 11.3. The molecule has 6 N–H and O–H groups in total. The summed E-state index contributed by atoms with van der Waals surface area (Å²) in [7, 11) is -9.94. The Kier molecular flexibility index (Phi) is 6.44. The zero-order valence-corrected chi connectivity index (χ0v) is 15.7. The second kappa shape index (κ2) is 8.23. The van der Waals surface area contributed by atoms with Gasteiger partial charge in [0.2, 0.25) is 0 Å². The number of rotatable bonds is 8. The van der Waals surface area contributed by atoms with E-state index in [1.54, 1.807) is 0 Å². The number of aliphatic hydroxyl groups excluding tert-OH is 2. The van der Waals surface area contributed by atoms with Crippen LogP contribution in [0.1, 0.15) is 23.3 Å². The molecule has 0 fully saturated rings. The summed E-state index contributed by atoms with van der Waals surface area (Å²) < 4.78 is 52.7. The Morgan fingerprint density at radius 1 is 0.778 bits per heavy atom. The van der Waals surface area contributed by atoms with Crippen LogP contribution in [0.15, 0.2) is 48.5 Å². The molecule has 0 saturated heterocycles. The summed E-state index contributed by atoms with van der Waals surface area (Å²) in [4.78, 5) is 0. The molecule has 2 aromatic rings. The first kappa shape index (κ1) is 21.1. The molecule has 27 heavy (non-hydrogen) atoms. The van der Waals surface area contributed by atoms with Gasteiger partial charge < -0.3 is 21.7 Å². The molecule has 0 saturated carbocycles. The highest BCUT2D eigenvalue weighted by atomic mass is 33.2. The molecule has 0 aliphatic carbocycles. The molecule has 2 rings (SSSR count). The lowest BCUT2D eigenvalue weighted by Crippen LogP contribution is -2.26. The minimum Gasteiger partial charge on any atom is -0.399 e. The van der Waals surface area contributed by atoms with E-state index in [9.17, 15) is 27.0 Å². The van der Waals surface area contributed by atoms with Crippen LogP contribution in [0, 0.1) is 0 Å². The van der Waals surface area contributed by atoms with E-state index in [1.807, 2.05) is 0 Å². The molecule has 0 heterocycles. The van der Waals surface area contributed by atoms with Gasteiger partial charge in [0.1, 0.15) is 6.10 Å². The predicted octanol–water partition coefficient (Wildman–Crippen LogP) is 0.294. The van der Waals surface area contributed by atoms with E-state index in [0.717, 1.165) is 0 Å². The summed E-state index contributed by atoms with van der Waals surface area (Å²) in [5.74, 6) is -1.10. The van der Waals surface area contributed by atoms with E-state index in [-0.39, 0.29) is 5.56 Å². The molecular formula is C16H20N2O7S2. The van der Waals surface area contributed by atoms with Gasteiger partial charge in [0, 0.05) is 11.4 Å². The van der Waals surface area contributed by atoms with Crippen molar-refractivity contribution in [1.82, 2.24) is 0 Å². The molecule has 0 aromatic heterocycles. The van der Waals surface area contributed by atoms with Gasteiger partial charge in [-0.05, 0) is 35.4 Å². The SMILES string of the molecule is Nc1ccc(C(O)COS(=O)(=O)S(=O)(=O)CC(O)c2ccc(N)cc2)cc1. The molecule has 0 aliphatic rings. The van der Waals surface area contributed by atoms with E-state index < -0.39 is 42.6 Å². The summed E-state index contributed by atoms with van der Waals surface area (Å²) in [6, 6.07) is 11.5. The van der Waals surface area contributed by atoms with Crippen molar-refractivity contribution >= 4 is 29.4 Å². The van der Waals surface area contributed by atoms with Crippen molar-refractivity contribution in [2.24, 2.45) is 0 Å². The van der Waals surface area contributed by atoms with Gasteiger partial charge in [0.25, 0.3) is 8.87 Å². The molecule has 2 aromatic carbocycles. The second-order valence-corrected chi connectivity index (χ2v) is 11.0. The number of hydrogen-bond donors (Lipinski definition) is 4. The van der Waals surface area contributed by atoms with Crippen molar-refractivity contribution in [2.45, 2.75) is 12.2 Å². The van der Waals surface area contributed by atoms with Crippen LogP contribution in [0.2, 0.25) is 0 Å². The van der Waals surface area contributed by atoms with E-state index in [2.05, 4.69) is 4.18 Å². The lowest BCUT2D eigenvalue weighted by Gasteiger charge is -2.14. The van der Waals surface area contributed by atoms with Crippen molar-refractivity contribution in [2.75, 3.05) is 23.8 Å². The highest BCUT2D eigenvalue weighted by Crippen LogP contribution is 2.21. The zero-order chi connectivity index (χ0) is 20.2. The first-order valence-electron chi connectivity index (χ1n) is 7.71. The first-order chi connectivity index (χ1) is 12.5. The fraction of sp³-hybridized carbons (Fsp3) is 0.250. The average molecular weight is 416 g/mol. The van der Waals surface area contributed by atoms with Crippen molar-refractivity contribution in [3.63, 3.8) is 0 Å². The average Bonchev–Trinajstić information content (AvgIpc) is 2.60. The highest BCUT2D eigenvalue weighted by Gasteiger charge is 2.34. The van der Waals surface area contributed by atoms with Crippen LogP contribution in [-0.2, 0) is 22.2 Å². The third kappa shape index (κ3) is 5.40. The maximum Gasteiger partial charge on any atom is 0.375 e. The van der Waals surface area contributed by atoms with E-state index in [1.165, 1.54) is 48.5 Å². The molecule has 148 valence electrons. The van der Waals surface area contributed by atoms with Crippen LogP contribution in [-0.4, -0.2) is 39.4 Å². The van der Waals surface area contributed by atoms with Gasteiger partial charge in [-0.1, -0.05) is 24.3 Å². The number of anilines is 2. The third-order valence-corrected chi connectivity index (χ3v) is 8.02. The molecule has 2 unspecified atom stereocenters. The maximum atomic E-state index is 12.1. The number of aliphatic hydroxyl groups is 2. The van der Waals surface area contributed by atoms with Crippen molar-refractivity contribution in [3.8, 4) is 0 Å². The minimum atomic E-state index is -5.08. The third-order valence-electron chi connectivity index (χ3n) is 3.69. The van der Waals surface area contributed by atoms with Crippen molar-refractivity contribution in [1.29, 1.82) is 0 Å². The number of nitrogens with two attached hydrogens (primary N) is 2. The van der Waals surface area contributed by atoms with Crippen LogP contribution >= 0.6 is 0 Å². The normalized spacial score (nSPS) is 14.6. The van der Waals surface area contributed by atoms with Crippen LogP contribution in [0.25, 0.3) is 0 Å². The lowest BCUT2D eigenvalue weighted by molar-refractivity contribution is 0.113. The summed E-state index contributed by atoms with van der Waals surface area (Å²) in [5.41, 5.74) is 12.3. The molecule has 9 nitrogen and oxygen atoms in total. The number of hydrogen-bond acceptors (Lipinski definition) is 9. The Labute approximate surface area is 156 Å². The zero-order valence-electron chi connectivity index (χ0n) is 14.1.